The first kappa shape index (κ1) is 18.9. The summed E-state index contributed by atoms with van der Waals surface area (Å²) in [5.41, 5.74) is 7.05. The summed E-state index contributed by atoms with van der Waals surface area (Å²) >= 11 is 0. The second kappa shape index (κ2) is 8.71. The first-order valence-electron chi connectivity index (χ1n) is 11.2. The Balaban J connectivity index is 0.000000139. The standard InChI is InChI=1S/C18H20.C12H8/c1-3-9-15(10-4-1)17-13-7-8-14-18(17)16-11-5-2-6-12-16;1-3-9-4-2-6-11-8-7-10(5-1)12(9)11/h1,3-4,7-10,13-14,16H,2,5-6,11-12H2;1-8H. The van der Waals surface area contributed by atoms with E-state index in [0.717, 1.165) is 5.92 Å². The predicted octanol–water partition coefficient (Wildman–Crippen LogP) is 8.72. The summed E-state index contributed by atoms with van der Waals surface area (Å²) in [5, 5.41) is 2.75. The van der Waals surface area contributed by atoms with Crippen LogP contribution in [0.5, 0.6) is 0 Å². The van der Waals surface area contributed by atoms with E-state index in [2.05, 4.69) is 103 Å². The van der Waals surface area contributed by atoms with Crippen LogP contribution in [0.3, 0.4) is 0 Å². The molecule has 2 aliphatic carbocycles. The van der Waals surface area contributed by atoms with E-state index in [1.54, 1.807) is 5.56 Å². The van der Waals surface area contributed by atoms with Gasteiger partial charge < -0.3 is 0 Å². The van der Waals surface area contributed by atoms with E-state index in [0.29, 0.717) is 0 Å². The fourth-order valence-electron chi connectivity index (χ4n) is 5.00. The van der Waals surface area contributed by atoms with Crippen LogP contribution < -0.4 is 0 Å². The zero-order valence-electron chi connectivity index (χ0n) is 17.4. The molecule has 2 aliphatic rings. The van der Waals surface area contributed by atoms with Gasteiger partial charge in [0.25, 0.3) is 0 Å². The molecule has 0 aromatic heterocycles. The highest BCUT2D eigenvalue weighted by molar-refractivity contribution is 6.04. The molecular formula is C30H28. The average Bonchev–Trinajstić information content (AvgIpc) is 3.26. The highest BCUT2D eigenvalue weighted by Gasteiger charge is 2.18. The highest BCUT2D eigenvalue weighted by atomic mass is 14.2. The van der Waals surface area contributed by atoms with Crippen molar-refractivity contribution in [2.24, 2.45) is 0 Å². The maximum absolute atomic E-state index is 2.33. The third-order valence-corrected chi connectivity index (χ3v) is 6.50. The van der Waals surface area contributed by atoms with Gasteiger partial charge in [-0.1, -0.05) is 122 Å². The first-order chi connectivity index (χ1) is 14.9. The third-order valence-electron chi connectivity index (χ3n) is 6.50. The van der Waals surface area contributed by atoms with Gasteiger partial charge in [-0.2, -0.15) is 0 Å². The van der Waals surface area contributed by atoms with Crippen molar-refractivity contribution in [2.75, 3.05) is 0 Å². The van der Waals surface area contributed by atoms with Gasteiger partial charge in [0.05, 0.1) is 0 Å². The SMILES string of the molecule is C1=Cc2cccc3cccc1c23.c1ccc(-c2ccccc2C2CCCCC2)cc1. The van der Waals surface area contributed by atoms with Crippen LogP contribution in [0.2, 0.25) is 0 Å². The van der Waals surface area contributed by atoms with Gasteiger partial charge in [0.15, 0.2) is 0 Å². The minimum Gasteiger partial charge on any atom is -0.0622 e. The molecule has 4 aromatic rings. The van der Waals surface area contributed by atoms with Crippen molar-refractivity contribution in [1.82, 2.24) is 0 Å². The average molecular weight is 389 g/mol. The Labute approximate surface area is 179 Å². The van der Waals surface area contributed by atoms with Crippen molar-refractivity contribution >= 4 is 22.9 Å². The molecular weight excluding hydrogens is 360 g/mol. The van der Waals surface area contributed by atoms with Crippen molar-refractivity contribution < 1.29 is 0 Å². The van der Waals surface area contributed by atoms with E-state index in [1.807, 2.05) is 0 Å². The van der Waals surface area contributed by atoms with E-state index in [1.165, 1.54) is 65.1 Å². The highest BCUT2D eigenvalue weighted by Crippen LogP contribution is 2.37. The molecule has 0 radical (unpaired) electrons. The normalized spacial score (nSPS) is 15.1. The Morgan fingerprint density at radius 3 is 1.87 bits per heavy atom. The Bertz CT molecular complexity index is 1120. The monoisotopic (exact) mass is 388 g/mol. The Hall–Kier alpha value is -3.12. The number of rotatable bonds is 2. The van der Waals surface area contributed by atoms with Crippen molar-refractivity contribution in [3.05, 3.63) is 108 Å². The van der Waals surface area contributed by atoms with Crippen LogP contribution >= 0.6 is 0 Å². The van der Waals surface area contributed by atoms with Crippen molar-refractivity contribution in [3.8, 4) is 11.1 Å². The molecule has 0 heteroatoms. The Kier molecular flexibility index (Phi) is 5.48. The first-order valence-corrected chi connectivity index (χ1v) is 11.2. The van der Waals surface area contributed by atoms with Crippen LogP contribution in [-0.4, -0.2) is 0 Å². The van der Waals surface area contributed by atoms with Gasteiger partial charge in [0.1, 0.15) is 0 Å². The van der Waals surface area contributed by atoms with Crippen LogP contribution in [0.25, 0.3) is 34.1 Å². The zero-order chi connectivity index (χ0) is 20.2. The molecule has 0 unspecified atom stereocenters. The zero-order valence-corrected chi connectivity index (χ0v) is 17.4. The third kappa shape index (κ3) is 3.83. The van der Waals surface area contributed by atoms with E-state index in [4.69, 9.17) is 0 Å². The minimum atomic E-state index is 0.773. The van der Waals surface area contributed by atoms with Crippen LogP contribution in [0, 0.1) is 0 Å². The summed E-state index contributed by atoms with van der Waals surface area (Å²) in [6.07, 6.45) is 11.3. The molecule has 0 heterocycles. The van der Waals surface area contributed by atoms with Gasteiger partial charge in [-0.25, -0.2) is 0 Å². The molecule has 4 aromatic carbocycles. The molecule has 30 heavy (non-hydrogen) atoms. The summed E-state index contributed by atoms with van der Waals surface area (Å²) < 4.78 is 0. The van der Waals surface area contributed by atoms with E-state index < -0.39 is 0 Å². The largest absolute Gasteiger partial charge is 0.0622 e. The second-order valence-corrected chi connectivity index (χ2v) is 8.41. The maximum Gasteiger partial charge on any atom is -0.00389 e. The summed E-state index contributed by atoms with van der Waals surface area (Å²) in [7, 11) is 0. The lowest BCUT2D eigenvalue weighted by molar-refractivity contribution is 0.444. The summed E-state index contributed by atoms with van der Waals surface area (Å²) in [5.74, 6) is 0.773. The molecule has 148 valence electrons. The van der Waals surface area contributed by atoms with Crippen molar-refractivity contribution in [3.63, 3.8) is 0 Å². The van der Waals surface area contributed by atoms with Crippen LogP contribution in [0.1, 0.15) is 54.7 Å². The van der Waals surface area contributed by atoms with Gasteiger partial charge in [0.2, 0.25) is 0 Å². The number of hydrogen-bond donors (Lipinski definition) is 0. The maximum atomic E-state index is 2.33. The quantitative estimate of drug-likeness (QED) is 0.283. The molecule has 0 atom stereocenters. The minimum absolute atomic E-state index is 0.773. The molecule has 0 spiro atoms. The summed E-state index contributed by atoms with van der Waals surface area (Å²) in [6, 6.07) is 32.6. The number of benzene rings is 4. The molecule has 1 fully saturated rings. The van der Waals surface area contributed by atoms with Gasteiger partial charge in [-0.05, 0) is 57.3 Å². The molecule has 1 saturated carbocycles. The van der Waals surface area contributed by atoms with Crippen LogP contribution in [0.15, 0.2) is 91.0 Å². The Morgan fingerprint density at radius 1 is 0.533 bits per heavy atom. The van der Waals surface area contributed by atoms with Crippen molar-refractivity contribution in [2.45, 2.75) is 38.0 Å². The molecule has 0 bridgehead atoms. The van der Waals surface area contributed by atoms with Gasteiger partial charge in [-0.3, -0.25) is 0 Å². The summed E-state index contributed by atoms with van der Waals surface area (Å²) in [6.45, 7) is 0. The lowest BCUT2D eigenvalue weighted by Crippen LogP contribution is -2.05. The molecule has 0 N–H and O–H groups in total. The predicted molar refractivity (Wildman–Crippen MR) is 131 cm³/mol. The topological polar surface area (TPSA) is 0 Å². The second-order valence-electron chi connectivity index (χ2n) is 8.41. The van der Waals surface area contributed by atoms with E-state index in [-0.39, 0.29) is 0 Å². The smallest absolute Gasteiger partial charge is 0.00389 e. The van der Waals surface area contributed by atoms with Crippen molar-refractivity contribution in [1.29, 1.82) is 0 Å². The van der Waals surface area contributed by atoms with Gasteiger partial charge >= 0.3 is 0 Å². The van der Waals surface area contributed by atoms with Gasteiger partial charge in [-0.15, -0.1) is 0 Å². The van der Waals surface area contributed by atoms with Crippen LogP contribution in [-0.2, 0) is 0 Å². The summed E-state index contributed by atoms with van der Waals surface area (Å²) in [4.78, 5) is 0. The fraction of sp³-hybridized carbons (Fsp3) is 0.200. The lowest BCUT2D eigenvalue weighted by Gasteiger charge is -2.24. The number of hydrogen-bond acceptors (Lipinski definition) is 0. The molecule has 0 nitrogen and oxygen atoms in total. The van der Waals surface area contributed by atoms with Gasteiger partial charge in [0, 0.05) is 0 Å². The fourth-order valence-corrected chi connectivity index (χ4v) is 5.00. The van der Waals surface area contributed by atoms with E-state index in [9.17, 15) is 0 Å². The van der Waals surface area contributed by atoms with E-state index >= 15 is 0 Å². The van der Waals surface area contributed by atoms with Crippen LogP contribution in [0.4, 0.5) is 0 Å². The lowest BCUT2D eigenvalue weighted by atomic mass is 9.81. The Morgan fingerprint density at radius 2 is 1.17 bits per heavy atom. The molecule has 6 rings (SSSR count). The molecule has 0 aliphatic heterocycles. The molecule has 0 amide bonds. The molecule has 0 saturated heterocycles.